The van der Waals surface area contributed by atoms with Crippen LogP contribution in [0.5, 0.6) is 0 Å². The fourth-order valence-corrected chi connectivity index (χ4v) is 2.60. The van der Waals surface area contributed by atoms with E-state index in [9.17, 15) is 15.0 Å². The summed E-state index contributed by atoms with van der Waals surface area (Å²) in [6.45, 7) is 1.11. The lowest BCUT2D eigenvalue weighted by atomic mass is 9.89. The predicted octanol–water partition coefficient (Wildman–Crippen LogP) is -2.96. The van der Waals surface area contributed by atoms with Gasteiger partial charge in [0.2, 0.25) is 5.91 Å². The molecule has 1 amide bonds. The number of rotatable bonds is 2. The van der Waals surface area contributed by atoms with Crippen molar-refractivity contribution in [2.24, 2.45) is 0 Å². The SMILES string of the molecule is CC(=O)N[C@@H]1[C@@H](O)[C@H](O)[C@]2(CO)N3[C@H]1[O+]32. The first-order valence-corrected chi connectivity index (χ1v) is 4.82. The van der Waals surface area contributed by atoms with Crippen LogP contribution in [0.25, 0.3) is 0 Å². The second-order valence-electron chi connectivity index (χ2n) is 4.20. The average molecular weight is 217 g/mol. The molecule has 0 aromatic carbocycles. The number of hydroxylamine groups is 2. The standard InChI is InChI=1S/C8H12N2O5/c1-3(12)9-4-5(13)6(14)8(2-11)10-7(4)15(8)10/h4-7,11,13-14H,2H2,1H3/p+1/t4-,5-,6+,7+,8-,10?/m1/s1. The third kappa shape index (κ3) is 0.860. The van der Waals surface area contributed by atoms with Crippen molar-refractivity contribution >= 4 is 5.91 Å². The Kier molecular flexibility index (Phi) is 1.58. The van der Waals surface area contributed by atoms with Crippen molar-refractivity contribution in [3.63, 3.8) is 0 Å². The molecule has 4 fully saturated rings. The zero-order chi connectivity index (χ0) is 11.0. The summed E-state index contributed by atoms with van der Waals surface area (Å²) in [7, 11) is 0. The number of piperidine rings is 1. The summed E-state index contributed by atoms with van der Waals surface area (Å²) in [5, 5.41) is 32.9. The van der Waals surface area contributed by atoms with Gasteiger partial charge in [0, 0.05) is 6.92 Å². The molecule has 2 bridgehead atoms. The van der Waals surface area contributed by atoms with Gasteiger partial charge in [0.05, 0.1) is 0 Å². The summed E-state index contributed by atoms with van der Waals surface area (Å²) in [5.74, 6) is -0.253. The first-order chi connectivity index (χ1) is 7.05. The third-order valence-corrected chi connectivity index (χ3v) is 3.39. The average Bonchev–Trinajstić information content (AvgIpc) is 3.01. The highest BCUT2D eigenvalue weighted by molar-refractivity contribution is 5.73. The molecule has 0 spiro atoms. The molecule has 4 rings (SSSR count). The van der Waals surface area contributed by atoms with Gasteiger partial charge in [-0.15, -0.1) is 0 Å². The van der Waals surface area contributed by atoms with Crippen LogP contribution < -0.4 is 5.32 Å². The Morgan fingerprint density at radius 3 is 2.67 bits per heavy atom. The van der Waals surface area contributed by atoms with Crippen molar-refractivity contribution in [2.75, 3.05) is 6.61 Å². The largest absolute Gasteiger partial charge is 0.387 e. The first-order valence-electron chi connectivity index (χ1n) is 4.82. The lowest BCUT2D eigenvalue weighted by Crippen LogP contribution is -2.68. The molecule has 4 N–H and O–H groups in total. The number of hydrogen-bond donors (Lipinski definition) is 4. The molecule has 4 heterocycles. The molecule has 6 atom stereocenters. The van der Waals surface area contributed by atoms with Crippen molar-refractivity contribution in [3.05, 3.63) is 0 Å². The number of aliphatic hydroxyl groups is 3. The van der Waals surface area contributed by atoms with Crippen LogP contribution in [0.3, 0.4) is 0 Å². The summed E-state index contributed by atoms with van der Waals surface area (Å²) in [5.41, 5.74) is -0.862. The Hall–Kier alpha value is -0.730. The summed E-state index contributed by atoms with van der Waals surface area (Å²) in [4.78, 5) is 10.9. The molecule has 84 valence electrons. The van der Waals surface area contributed by atoms with Crippen molar-refractivity contribution in [1.82, 2.24) is 10.4 Å². The fourth-order valence-electron chi connectivity index (χ4n) is 2.60. The van der Waals surface area contributed by atoms with Gasteiger partial charge in [0.15, 0.2) is 12.1 Å². The maximum Gasteiger partial charge on any atom is 0.368 e. The van der Waals surface area contributed by atoms with Gasteiger partial charge in [-0.05, 0) is 0 Å². The highest BCUT2D eigenvalue weighted by Crippen LogP contribution is 2.70. The molecular formula is C8H13N2O5+. The van der Waals surface area contributed by atoms with E-state index in [1.807, 2.05) is 0 Å². The lowest BCUT2D eigenvalue weighted by Gasteiger charge is -2.33. The minimum atomic E-state index is -1.09. The van der Waals surface area contributed by atoms with Gasteiger partial charge in [0.25, 0.3) is 0 Å². The Morgan fingerprint density at radius 2 is 2.20 bits per heavy atom. The summed E-state index contributed by atoms with van der Waals surface area (Å²) in [6, 6.07) is -0.518. The quantitative estimate of drug-likeness (QED) is 0.293. The number of hydrogen-bond acceptors (Lipinski definition) is 5. The van der Waals surface area contributed by atoms with Crippen molar-refractivity contribution < 1.29 is 24.6 Å². The Labute approximate surface area is 85.5 Å². The van der Waals surface area contributed by atoms with Crippen LogP contribution in [0.15, 0.2) is 0 Å². The highest BCUT2D eigenvalue weighted by atomic mass is 17.2. The first kappa shape index (κ1) is 9.49. The van der Waals surface area contributed by atoms with Crippen LogP contribution in [0.4, 0.5) is 0 Å². The lowest BCUT2D eigenvalue weighted by molar-refractivity contribution is -0.177. The van der Waals surface area contributed by atoms with Gasteiger partial charge in [-0.1, -0.05) is 0 Å². The molecule has 7 heteroatoms. The zero-order valence-electron chi connectivity index (χ0n) is 8.12. The monoisotopic (exact) mass is 217 g/mol. The van der Waals surface area contributed by atoms with Gasteiger partial charge in [-0.3, -0.25) is 9.26 Å². The molecule has 0 aliphatic carbocycles. The van der Waals surface area contributed by atoms with Crippen molar-refractivity contribution in [1.29, 1.82) is 0 Å². The van der Waals surface area contributed by atoms with Crippen LogP contribution in [0, 0.1) is 0 Å². The molecular weight excluding hydrogens is 204 g/mol. The molecule has 0 aromatic rings. The fraction of sp³-hybridized carbons (Fsp3) is 0.875. The van der Waals surface area contributed by atoms with E-state index in [-0.39, 0.29) is 18.7 Å². The maximum absolute atomic E-state index is 10.9. The Balaban J connectivity index is 1.79. The van der Waals surface area contributed by atoms with E-state index in [2.05, 4.69) is 9.78 Å². The van der Waals surface area contributed by atoms with E-state index in [0.717, 1.165) is 0 Å². The second-order valence-corrected chi connectivity index (χ2v) is 4.20. The number of amides is 1. The van der Waals surface area contributed by atoms with Crippen molar-refractivity contribution in [3.8, 4) is 0 Å². The van der Waals surface area contributed by atoms with Crippen LogP contribution >= 0.6 is 0 Å². The van der Waals surface area contributed by atoms with E-state index >= 15 is 0 Å². The molecule has 0 saturated carbocycles. The van der Waals surface area contributed by atoms with Gasteiger partial charge in [-0.2, -0.15) is 0 Å². The zero-order valence-corrected chi connectivity index (χ0v) is 8.12. The van der Waals surface area contributed by atoms with E-state index in [0.29, 0.717) is 0 Å². The molecule has 0 aromatic heterocycles. The van der Waals surface area contributed by atoms with E-state index in [4.69, 9.17) is 5.11 Å². The maximum atomic E-state index is 10.9. The molecule has 0 radical (unpaired) electrons. The van der Waals surface area contributed by atoms with E-state index in [1.54, 1.807) is 5.06 Å². The topological polar surface area (TPSA) is 95.5 Å². The van der Waals surface area contributed by atoms with Crippen LogP contribution in [-0.4, -0.2) is 63.1 Å². The Morgan fingerprint density at radius 1 is 1.60 bits per heavy atom. The van der Waals surface area contributed by atoms with Crippen LogP contribution in [-0.2, 0) is 9.26 Å². The minimum absolute atomic E-state index is 0.153. The third-order valence-electron chi connectivity index (χ3n) is 3.39. The van der Waals surface area contributed by atoms with Crippen molar-refractivity contribution in [2.45, 2.75) is 37.1 Å². The minimum Gasteiger partial charge on any atom is -0.387 e. The summed E-state index contributed by atoms with van der Waals surface area (Å²) in [6.07, 6.45) is -2.29. The molecule has 1 unspecified atom stereocenters. The number of nitrogens with zero attached hydrogens (tertiary/aromatic N) is 1. The highest BCUT2D eigenvalue weighted by Gasteiger charge is 3.04. The predicted molar refractivity (Wildman–Crippen MR) is 46.1 cm³/mol. The van der Waals surface area contributed by atoms with Gasteiger partial charge in [-0.25, -0.2) is 0 Å². The normalized spacial score (nSPS) is 55.9. The number of carbonyl (C=O) groups is 1. The summed E-state index contributed by atoms with van der Waals surface area (Å²) >= 11 is 0. The van der Waals surface area contributed by atoms with Crippen LogP contribution in [0.2, 0.25) is 0 Å². The number of carbonyl (C=O) groups excluding carboxylic acids is 1. The Bertz CT molecular complexity index is 325. The summed E-state index contributed by atoms with van der Waals surface area (Å²) < 4.78 is 2.61. The number of nitrogens with one attached hydrogen (secondary N) is 1. The second kappa shape index (κ2) is 2.50. The molecule has 4 saturated heterocycles. The van der Waals surface area contributed by atoms with Crippen LogP contribution in [0.1, 0.15) is 6.92 Å². The molecule has 7 nitrogen and oxygen atoms in total. The molecule has 4 aliphatic rings. The smallest absolute Gasteiger partial charge is 0.368 e. The van der Waals surface area contributed by atoms with E-state index in [1.165, 1.54) is 6.92 Å². The molecule has 15 heavy (non-hydrogen) atoms. The number of fused-ring (bicyclic) bond motifs is 2. The van der Waals surface area contributed by atoms with Gasteiger partial charge < -0.3 is 20.6 Å². The van der Waals surface area contributed by atoms with E-state index < -0.39 is 24.0 Å². The van der Waals surface area contributed by atoms with Gasteiger partial charge >= 0.3 is 12.0 Å². The molecule has 4 aliphatic heterocycles. The van der Waals surface area contributed by atoms with Gasteiger partial charge in [0.1, 0.15) is 17.8 Å². The number of aliphatic hydroxyl groups excluding tert-OH is 3.